The summed E-state index contributed by atoms with van der Waals surface area (Å²) in [5, 5.41) is 0. The van der Waals surface area contributed by atoms with Crippen LogP contribution in [0.2, 0.25) is 0 Å². The monoisotopic (exact) mass is 340 g/mol. The fraction of sp³-hybridized carbons (Fsp3) is 0.538. The standard InChI is InChI=1S/C26H28/c1-2-4-6-8-10-12-14-16-18-20-22-24-26-25-23-21-19-17-15-13-11-9-7-5-3-1/h1-7,20-26H2. The Kier molecular flexibility index (Phi) is 15.4. The average molecular weight is 341 g/mol. The second kappa shape index (κ2) is 18.7. The van der Waals surface area contributed by atoms with Crippen molar-refractivity contribution in [2.24, 2.45) is 0 Å². The first-order valence-electron chi connectivity index (χ1n) is 9.91. The molecule has 0 bridgehead atoms. The lowest BCUT2D eigenvalue weighted by molar-refractivity contribution is 0.628. The van der Waals surface area contributed by atoms with E-state index in [-0.39, 0.29) is 0 Å². The van der Waals surface area contributed by atoms with Crippen LogP contribution in [0.25, 0.3) is 0 Å². The molecule has 0 nitrogen and oxygen atoms in total. The van der Waals surface area contributed by atoms with Gasteiger partial charge in [-0.25, -0.2) is 0 Å². The Morgan fingerprint density at radius 1 is 0.231 bits per heavy atom. The molecule has 0 fully saturated rings. The van der Waals surface area contributed by atoms with Gasteiger partial charge in [0.2, 0.25) is 0 Å². The minimum Gasteiger partial charge on any atom is -0.0891 e. The lowest BCUT2D eigenvalue weighted by Crippen LogP contribution is -1.78. The Bertz CT molecular complexity index is 614. The smallest absolute Gasteiger partial charge is 0.00989 e. The normalized spacial score (nSPS) is 16.6. The summed E-state index contributed by atoms with van der Waals surface area (Å²) in [4.78, 5) is 0. The van der Waals surface area contributed by atoms with Gasteiger partial charge >= 0.3 is 0 Å². The summed E-state index contributed by atoms with van der Waals surface area (Å²) >= 11 is 0. The van der Waals surface area contributed by atoms with Crippen molar-refractivity contribution in [1.29, 1.82) is 0 Å². The molecule has 0 unspecified atom stereocenters. The van der Waals surface area contributed by atoms with Gasteiger partial charge in [0.05, 0.1) is 0 Å². The Hall–Kier alpha value is -2.64. The van der Waals surface area contributed by atoms with Gasteiger partial charge in [0.15, 0.2) is 0 Å². The third-order valence-electron chi connectivity index (χ3n) is 3.94. The zero-order valence-corrected chi connectivity index (χ0v) is 15.9. The summed E-state index contributed by atoms with van der Waals surface area (Å²) in [5.74, 6) is 35.3. The van der Waals surface area contributed by atoms with Crippen molar-refractivity contribution in [2.45, 2.75) is 89.9 Å². The molecule has 0 N–H and O–H groups in total. The molecule has 1 aliphatic carbocycles. The van der Waals surface area contributed by atoms with Crippen LogP contribution < -0.4 is 0 Å². The van der Waals surface area contributed by atoms with E-state index in [0.29, 0.717) is 0 Å². The minimum absolute atomic E-state index is 0.929. The Balaban J connectivity index is 2.36. The van der Waals surface area contributed by atoms with Crippen molar-refractivity contribution in [3.8, 4) is 71.0 Å². The van der Waals surface area contributed by atoms with Crippen molar-refractivity contribution in [3.63, 3.8) is 0 Å². The topological polar surface area (TPSA) is 0 Å². The van der Waals surface area contributed by atoms with Crippen LogP contribution in [0.1, 0.15) is 89.9 Å². The largest absolute Gasteiger partial charge is 0.0891 e. The number of rotatable bonds is 0. The second-order valence-electron chi connectivity index (χ2n) is 6.24. The quantitative estimate of drug-likeness (QED) is 0.512. The zero-order valence-electron chi connectivity index (χ0n) is 15.9. The summed E-state index contributed by atoms with van der Waals surface area (Å²) < 4.78 is 0. The molecule has 26 heavy (non-hydrogen) atoms. The summed E-state index contributed by atoms with van der Waals surface area (Å²) in [5.41, 5.74) is 0. The van der Waals surface area contributed by atoms with Crippen molar-refractivity contribution >= 4 is 0 Å². The fourth-order valence-electron chi connectivity index (χ4n) is 2.47. The highest BCUT2D eigenvalue weighted by molar-refractivity contribution is 5.36. The SMILES string of the molecule is C1#CC#CCCCCCCCC#CC#CC#CCCCCCCCC#C1. The molecular formula is C26H28. The summed E-state index contributed by atoms with van der Waals surface area (Å²) in [7, 11) is 0. The molecule has 0 aliphatic heterocycles. The summed E-state index contributed by atoms with van der Waals surface area (Å²) in [6.07, 6.45) is 15.7. The van der Waals surface area contributed by atoms with Gasteiger partial charge in [-0.2, -0.15) is 0 Å². The van der Waals surface area contributed by atoms with Gasteiger partial charge in [-0.3, -0.25) is 0 Å². The summed E-state index contributed by atoms with van der Waals surface area (Å²) in [6.45, 7) is 0. The van der Waals surface area contributed by atoms with Crippen LogP contribution in [0, 0.1) is 71.0 Å². The van der Waals surface area contributed by atoms with Gasteiger partial charge < -0.3 is 0 Å². The van der Waals surface area contributed by atoms with E-state index in [1.807, 2.05) is 0 Å². The van der Waals surface area contributed by atoms with E-state index in [0.717, 1.165) is 51.4 Å². The van der Waals surface area contributed by atoms with Crippen LogP contribution in [0.4, 0.5) is 0 Å². The zero-order chi connectivity index (χ0) is 18.4. The lowest BCUT2D eigenvalue weighted by atomic mass is 10.1. The van der Waals surface area contributed by atoms with E-state index >= 15 is 0 Å². The highest BCUT2D eigenvalue weighted by atomic mass is 13.9. The number of hydrogen-bond donors (Lipinski definition) is 0. The van der Waals surface area contributed by atoms with Crippen molar-refractivity contribution in [1.82, 2.24) is 0 Å². The van der Waals surface area contributed by atoms with Crippen LogP contribution >= 0.6 is 0 Å². The molecule has 0 aromatic carbocycles. The molecule has 0 aromatic rings. The van der Waals surface area contributed by atoms with Gasteiger partial charge in [-0.15, -0.1) is 0 Å². The van der Waals surface area contributed by atoms with E-state index < -0.39 is 0 Å². The highest BCUT2D eigenvalue weighted by Crippen LogP contribution is 2.07. The maximum Gasteiger partial charge on any atom is 0.00989 e. The predicted molar refractivity (Wildman–Crippen MR) is 111 cm³/mol. The Labute approximate surface area is 161 Å². The van der Waals surface area contributed by atoms with Gasteiger partial charge in [-0.1, -0.05) is 62.2 Å². The number of hydrogen-bond acceptors (Lipinski definition) is 0. The molecule has 0 radical (unpaired) electrons. The maximum atomic E-state index is 3.11. The average Bonchev–Trinajstić information content (AvgIpc) is 2.65. The van der Waals surface area contributed by atoms with E-state index in [2.05, 4.69) is 71.0 Å². The maximum absolute atomic E-state index is 3.11. The van der Waals surface area contributed by atoms with Crippen LogP contribution in [0.15, 0.2) is 0 Å². The highest BCUT2D eigenvalue weighted by Gasteiger charge is 1.89. The van der Waals surface area contributed by atoms with Crippen LogP contribution in [-0.2, 0) is 0 Å². The van der Waals surface area contributed by atoms with E-state index in [9.17, 15) is 0 Å². The fourth-order valence-corrected chi connectivity index (χ4v) is 2.47. The van der Waals surface area contributed by atoms with Gasteiger partial charge in [-0.05, 0) is 73.0 Å². The Morgan fingerprint density at radius 2 is 0.462 bits per heavy atom. The molecule has 0 heterocycles. The van der Waals surface area contributed by atoms with Crippen molar-refractivity contribution in [2.75, 3.05) is 0 Å². The van der Waals surface area contributed by atoms with Crippen molar-refractivity contribution in [3.05, 3.63) is 0 Å². The molecule has 0 atom stereocenters. The lowest BCUT2D eigenvalue weighted by Gasteiger charge is -1.96. The minimum atomic E-state index is 0.929. The van der Waals surface area contributed by atoms with Gasteiger partial charge in [0.1, 0.15) is 0 Å². The van der Waals surface area contributed by atoms with Crippen LogP contribution in [0.5, 0.6) is 0 Å². The van der Waals surface area contributed by atoms with E-state index in [4.69, 9.17) is 0 Å². The van der Waals surface area contributed by atoms with Gasteiger partial charge in [0.25, 0.3) is 0 Å². The third-order valence-corrected chi connectivity index (χ3v) is 3.94. The first-order chi connectivity index (χ1) is 13.0. The molecular weight excluding hydrogens is 312 g/mol. The molecule has 0 saturated heterocycles. The molecule has 132 valence electrons. The molecule has 0 spiro atoms. The van der Waals surface area contributed by atoms with Crippen LogP contribution in [-0.4, -0.2) is 0 Å². The second-order valence-corrected chi connectivity index (χ2v) is 6.24. The molecule has 0 heteroatoms. The van der Waals surface area contributed by atoms with Gasteiger partial charge in [0, 0.05) is 25.7 Å². The first-order valence-corrected chi connectivity index (χ1v) is 9.91. The predicted octanol–water partition coefficient (Wildman–Crippen LogP) is 5.48. The van der Waals surface area contributed by atoms with E-state index in [1.54, 1.807) is 0 Å². The first kappa shape index (κ1) is 21.4. The molecule has 1 aliphatic rings. The molecule has 0 amide bonds. The van der Waals surface area contributed by atoms with Crippen molar-refractivity contribution < 1.29 is 0 Å². The van der Waals surface area contributed by atoms with E-state index in [1.165, 1.54) is 38.5 Å². The Morgan fingerprint density at radius 3 is 0.731 bits per heavy atom. The third kappa shape index (κ3) is 16.2. The van der Waals surface area contributed by atoms with Crippen LogP contribution in [0.3, 0.4) is 0 Å². The summed E-state index contributed by atoms with van der Waals surface area (Å²) in [6, 6.07) is 0. The molecule has 0 saturated carbocycles. The molecule has 0 aromatic heterocycles. The molecule has 1 rings (SSSR count).